The quantitative estimate of drug-likeness (QED) is 0.551. The molecule has 0 aromatic rings. The van der Waals surface area contributed by atoms with Crippen molar-refractivity contribution in [3.05, 3.63) is 0 Å². The van der Waals surface area contributed by atoms with Crippen LogP contribution in [0.3, 0.4) is 0 Å². The Morgan fingerprint density at radius 2 is 2.08 bits per heavy atom. The van der Waals surface area contributed by atoms with E-state index in [0.29, 0.717) is 13.0 Å². The van der Waals surface area contributed by atoms with E-state index in [1.165, 1.54) is 11.8 Å². The van der Waals surface area contributed by atoms with E-state index in [1.807, 2.05) is 0 Å². The van der Waals surface area contributed by atoms with E-state index in [0.717, 1.165) is 6.42 Å². The molecule has 1 saturated heterocycles. The average Bonchev–Trinajstić information content (AvgIpc) is 2.32. The van der Waals surface area contributed by atoms with Gasteiger partial charge in [0.15, 0.2) is 0 Å². The summed E-state index contributed by atoms with van der Waals surface area (Å²) in [5.74, 6) is -1.03. The third kappa shape index (κ3) is 2.47. The zero-order valence-electron chi connectivity index (χ0n) is 6.41. The van der Waals surface area contributed by atoms with Crippen molar-refractivity contribution in [2.75, 3.05) is 6.54 Å². The van der Waals surface area contributed by atoms with Crippen molar-refractivity contribution in [1.29, 1.82) is 0 Å². The van der Waals surface area contributed by atoms with E-state index < -0.39 is 12.0 Å². The molecular weight excluding hydrogens is 169 g/mol. The fraction of sp³-hybridized carbons (Fsp3) is 0.714. The van der Waals surface area contributed by atoms with Crippen molar-refractivity contribution < 1.29 is 14.7 Å². The van der Waals surface area contributed by atoms with Gasteiger partial charge in [-0.3, -0.25) is 4.79 Å². The van der Waals surface area contributed by atoms with Gasteiger partial charge in [-0.05, 0) is 12.8 Å². The Bertz CT molecular complexity index is 175. The molecule has 1 N–H and O–H groups in total. The minimum absolute atomic E-state index is 0. The first-order chi connectivity index (χ1) is 5.13. The molecule has 0 radical (unpaired) electrons. The summed E-state index contributed by atoms with van der Waals surface area (Å²) in [7, 11) is 0. The fourth-order valence-corrected chi connectivity index (χ4v) is 1.40. The molecule has 1 heterocycles. The average molecular weight is 181 g/mol. The van der Waals surface area contributed by atoms with Crippen LogP contribution in [0.5, 0.6) is 0 Å². The number of likely N-dealkylation sites (tertiary alicyclic amines) is 1. The molecule has 64 valence electrons. The van der Waals surface area contributed by atoms with Gasteiger partial charge in [0.2, 0.25) is 5.91 Å². The molecular formula is C7H12NNaO3. The molecule has 0 bridgehead atoms. The predicted molar refractivity (Wildman–Crippen MR) is 45.2 cm³/mol. The number of aliphatic carboxylic acids is 1. The number of carbonyl (C=O) groups excluding carboxylic acids is 1. The molecule has 5 heteroatoms. The van der Waals surface area contributed by atoms with Crippen LogP contribution in [0.1, 0.15) is 19.8 Å². The van der Waals surface area contributed by atoms with Gasteiger partial charge in [-0.2, -0.15) is 0 Å². The van der Waals surface area contributed by atoms with Gasteiger partial charge in [0.05, 0.1) is 0 Å². The summed E-state index contributed by atoms with van der Waals surface area (Å²) in [5.41, 5.74) is 0. The van der Waals surface area contributed by atoms with Crippen molar-refractivity contribution in [3.63, 3.8) is 0 Å². The molecule has 0 aromatic heterocycles. The number of carboxylic acids is 1. The van der Waals surface area contributed by atoms with Crippen LogP contribution >= 0.6 is 0 Å². The van der Waals surface area contributed by atoms with Gasteiger partial charge < -0.3 is 10.0 Å². The van der Waals surface area contributed by atoms with Gasteiger partial charge in [-0.25, -0.2) is 4.79 Å². The van der Waals surface area contributed by atoms with E-state index in [4.69, 9.17) is 5.11 Å². The van der Waals surface area contributed by atoms with Gasteiger partial charge in [0.25, 0.3) is 0 Å². The number of carboxylic acid groups (broad SMARTS) is 1. The molecule has 1 aliphatic rings. The third-order valence-electron chi connectivity index (χ3n) is 1.94. The summed E-state index contributed by atoms with van der Waals surface area (Å²) in [6, 6.07) is -0.576. The Labute approximate surface area is 93.2 Å². The molecule has 4 nitrogen and oxygen atoms in total. The number of rotatable bonds is 1. The van der Waals surface area contributed by atoms with Crippen LogP contribution in [0.4, 0.5) is 0 Å². The van der Waals surface area contributed by atoms with Crippen LogP contribution in [-0.2, 0) is 9.59 Å². The monoisotopic (exact) mass is 181 g/mol. The molecule has 1 fully saturated rings. The van der Waals surface area contributed by atoms with E-state index in [9.17, 15) is 9.59 Å². The number of nitrogens with zero attached hydrogens (tertiary/aromatic N) is 1. The van der Waals surface area contributed by atoms with Crippen LogP contribution in [-0.4, -0.2) is 64.0 Å². The van der Waals surface area contributed by atoms with Gasteiger partial charge >= 0.3 is 35.5 Å². The Morgan fingerprint density at radius 1 is 1.50 bits per heavy atom. The van der Waals surface area contributed by atoms with Crippen LogP contribution in [0.2, 0.25) is 0 Å². The molecule has 0 unspecified atom stereocenters. The molecule has 0 saturated carbocycles. The molecule has 1 aliphatic heterocycles. The Hall–Kier alpha value is -0.0600. The van der Waals surface area contributed by atoms with Gasteiger partial charge in [-0.1, -0.05) is 0 Å². The van der Waals surface area contributed by atoms with Crippen molar-refractivity contribution in [1.82, 2.24) is 4.90 Å². The summed E-state index contributed by atoms with van der Waals surface area (Å²) in [6.45, 7) is 1.99. The molecule has 0 aromatic carbocycles. The van der Waals surface area contributed by atoms with Crippen LogP contribution in [0.15, 0.2) is 0 Å². The van der Waals surface area contributed by atoms with E-state index in [2.05, 4.69) is 0 Å². The number of carbonyl (C=O) groups is 2. The number of hydrogen-bond acceptors (Lipinski definition) is 2. The summed E-state index contributed by atoms with van der Waals surface area (Å²) in [4.78, 5) is 22.8. The second-order valence-corrected chi connectivity index (χ2v) is 2.71. The summed E-state index contributed by atoms with van der Waals surface area (Å²) in [5, 5.41) is 8.64. The topological polar surface area (TPSA) is 57.6 Å². The van der Waals surface area contributed by atoms with Gasteiger partial charge in [-0.15, -0.1) is 0 Å². The zero-order valence-corrected chi connectivity index (χ0v) is 6.41. The van der Waals surface area contributed by atoms with Crippen LogP contribution < -0.4 is 0 Å². The van der Waals surface area contributed by atoms with E-state index in [1.54, 1.807) is 0 Å². The SMILES string of the molecule is CC(=O)N1CCC[C@H]1C(=O)O.[NaH]. The van der Waals surface area contributed by atoms with Crippen LogP contribution in [0.25, 0.3) is 0 Å². The normalized spacial score (nSPS) is 21.8. The molecule has 1 rings (SSSR count). The molecule has 12 heavy (non-hydrogen) atoms. The molecule has 0 spiro atoms. The second kappa shape index (κ2) is 4.84. The third-order valence-corrected chi connectivity index (χ3v) is 1.94. The maximum atomic E-state index is 10.8. The first-order valence-electron chi connectivity index (χ1n) is 3.63. The van der Waals surface area contributed by atoms with E-state index >= 15 is 0 Å². The standard InChI is InChI=1S/C7H11NO3.Na.H/c1-5(9)8-4-2-3-6(8)7(10)11;;/h6H,2-4H2,1H3,(H,10,11);;/t6-;;/m0../s1. The minimum atomic E-state index is -0.891. The first-order valence-corrected chi connectivity index (χ1v) is 3.63. The fourth-order valence-electron chi connectivity index (χ4n) is 1.40. The second-order valence-electron chi connectivity index (χ2n) is 2.71. The van der Waals surface area contributed by atoms with Gasteiger partial charge in [0.1, 0.15) is 6.04 Å². The van der Waals surface area contributed by atoms with Crippen molar-refractivity contribution in [3.8, 4) is 0 Å². The number of amides is 1. The predicted octanol–water partition coefficient (Wildman–Crippen LogP) is -0.567. The van der Waals surface area contributed by atoms with Crippen molar-refractivity contribution >= 4 is 41.4 Å². The van der Waals surface area contributed by atoms with E-state index in [-0.39, 0.29) is 35.5 Å². The maximum absolute atomic E-state index is 10.8. The van der Waals surface area contributed by atoms with Crippen LogP contribution in [0, 0.1) is 0 Å². The molecule has 1 atom stereocenters. The number of hydrogen-bond donors (Lipinski definition) is 1. The van der Waals surface area contributed by atoms with Crippen molar-refractivity contribution in [2.45, 2.75) is 25.8 Å². The molecule has 0 aliphatic carbocycles. The van der Waals surface area contributed by atoms with Crippen molar-refractivity contribution in [2.24, 2.45) is 0 Å². The summed E-state index contributed by atoms with van der Waals surface area (Å²) in [6.07, 6.45) is 1.39. The Balaban J connectivity index is 0.00000121. The summed E-state index contributed by atoms with van der Waals surface area (Å²) < 4.78 is 0. The Morgan fingerprint density at radius 3 is 2.42 bits per heavy atom. The zero-order chi connectivity index (χ0) is 8.43. The first kappa shape index (κ1) is 11.9. The summed E-state index contributed by atoms with van der Waals surface area (Å²) >= 11 is 0. The van der Waals surface area contributed by atoms with Gasteiger partial charge in [0, 0.05) is 13.5 Å². The molecule has 1 amide bonds. The Kier molecular flexibility index (Phi) is 4.82.